The molecule has 2 aromatic heterocycles. The summed E-state index contributed by atoms with van der Waals surface area (Å²) in [7, 11) is 1.46. The Labute approximate surface area is 224 Å². The van der Waals surface area contributed by atoms with Gasteiger partial charge in [-0.15, -0.1) is 0 Å². The first kappa shape index (κ1) is 25.1. The molecule has 1 aliphatic rings. The standard InChI is InChI=1S/C27H24N6O4S/c1-37-17-24(34)29-18-10-12-19(13-11-18)32-26(25(30-27(32)38)22-8-2-3-14-28-22)23-9-5-15-31(23)20-6-4-7-21(16-20)33(35)36/h2-16,25-26H,17H2,1H3,(H,29,34)(H,30,38)/t25-,26-/m1/s1. The Hall–Kier alpha value is -4.61. The Kier molecular flexibility index (Phi) is 7.11. The number of nitro groups is 1. The third-order valence-corrected chi connectivity index (χ3v) is 6.52. The normalized spacial score (nSPS) is 16.8. The van der Waals surface area contributed by atoms with E-state index in [2.05, 4.69) is 15.6 Å². The molecule has 0 unspecified atom stereocenters. The van der Waals surface area contributed by atoms with Crippen LogP contribution in [0.4, 0.5) is 17.1 Å². The van der Waals surface area contributed by atoms with Gasteiger partial charge in [0, 0.05) is 48.7 Å². The lowest BCUT2D eigenvalue weighted by Gasteiger charge is -2.29. The maximum Gasteiger partial charge on any atom is 0.271 e. The second-order valence-electron chi connectivity index (χ2n) is 8.60. The summed E-state index contributed by atoms with van der Waals surface area (Å²) in [6.07, 6.45) is 3.61. The maximum absolute atomic E-state index is 11.9. The first-order valence-electron chi connectivity index (χ1n) is 11.8. The number of carbonyl (C=O) groups excluding carboxylic acids is 1. The highest BCUT2D eigenvalue weighted by molar-refractivity contribution is 7.80. The van der Waals surface area contributed by atoms with Crippen LogP contribution in [0.3, 0.4) is 0 Å². The molecule has 1 saturated heterocycles. The summed E-state index contributed by atoms with van der Waals surface area (Å²) in [5, 5.41) is 18.1. The SMILES string of the molecule is COCC(=O)Nc1ccc(N2C(=S)N[C@H](c3ccccn3)[C@H]2c2cccn2-c2cccc([N+](=O)[O-])c2)cc1. The molecule has 4 aromatic rings. The molecule has 10 nitrogen and oxygen atoms in total. The Morgan fingerprint density at radius 3 is 2.63 bits per heavy atom. The van der Waals surface area contributed by atoms with E-state index in [-0.39, 0.29) is 30.3 Å². The fraction of sp³-hybridized carbons (Fsp3) is 0.148. The van der Waals surface area contributed by atoms with E-state index < -0.39 is 4.92 Å². The number of rotatable bonds is 8. The Morgan fingerprint density at radius 2 is 1.92 bits per heavy atom. The van der Waals surface area contributed by atoms with E-state index in [1.807, 2.05) is 64.2 Å². The van der Waals surface area contributed by atoms with Gasteiger partial charge in [-0.25, -0.2) is 0 Å². The number of nitrogens with one attached hydrogen (secondary N) is 2. The number of methoxy groups -OCH3 is 1. The van der Waals surface area contributed by atoms with Crippen LogP contribution < -0.4 is 15.5 Å². The van der Waals surface area contributed by atoms with Gasteiger partial charge in [0.05, 0.1) is 22.3 Å². The smallest absolute Gasteiger partial charge is 0.271 e. The molecule has 1 fully saturated rings. The molecule has 0 bridgehead atoms. The zero-order valence-corrected chi connectivity index (χ0v) is 21.2. The number of thiocarbonyl (C=S) groups is 1. The van der Waals surface area contributed by atoms with Crippen LogP contribution in [-0.4, -0.2) is 39.2 Å². The molecule has 0 radical (unpaired) electrons. The van der Waals surface area contributed by atoms with E-state index in [4.69, 9.17) is 17.0 Å². The second-order valence-corrected chi connectivity index (χ2v) is 8.99. The first-order chi connectivity index (χ1) is 18.5. The quantitative estimate of drug-likeness (QED) is 0.195. The molecule has 1 amide bonds. The van der Waals surface area contributed by atoms with Gasteiger partial charge in [0.2, 0.25) is 5.91 Å². The van der Waals surface area contributed by atoms with Gasteiger partial charge in [-0.3, -0.25) is 19.9 Å². The van der Waals surface area contributed by atoms with Gasteiger partial charge in [-0.05, 0) is 66.8 Å². The van der Waals surface area contributed by atoms with E-state index in [0.29, 0.717) is 16.5 Å². The Morgan fingerprint density at radius 1 is 1.11 bits per heavy atom. The number of hydrogen-bond acceptors (Lipinski definition) is 6. The monoisotopic (exact) mass is 528 g/mol. The number of carbonyl (C=O) groups is 1. The molecule has 2 N–H and O–H groups in total. The minimum atomic E-state index is -0.408. The third-order valence-electron chi connectivity index (χ3n) is 6.20. The third kappa shape index (κ3) is 4.97. The van der Waals surface area contributed by atoms with Crippen molar-refractivity contribution in [2.24, 2.45) is 0 Å². The summed E-state index contributed by atoms with van der Waals surface area (Å²) < 4.78 is 6.81. The van der Waals surface area contributed by atoms with Gasteiger partial charge >= 0.3 is 0 Å². The lowest BCUT2D eigenvalue weighted by Crippen LogP contribution is -2.30. The number of pyridine rings is 1. The molecule has 11 heteroatoms. The largest absolute Gasteiger partial charge is 0.375 e. The van der Waals surface area contributed by atoms with Gasteiger partial charge in [0.1, 0.15) is 12.6 Å². The predicted molar refractivity (Wildman–Crippen MR) is 147 cm³/mol. The van der Waals surface area contributed by atoms with Crippen LogP contribution in [-0.2, 0) is 9.53 Å². The average Bonchev–Trinajstić information content (AvgIpc) is 3.54. The van der Waals surface area contributed by atoms with E-state index in [0.717, 1.165) is 17.1 Å². The highest BCUT2D eigenvalue weighted by Crippen LogP contribution is 2.42. The molecule has 2 aromatic carbocycles. The molecule has 3 heterocycles. The van der Waals surface area contributed by atoms with E-state index in [1.54, 1.807) is 30.5 Å². The van der Waals surface area contributed by atoms with Crippen molar-refractivity contribution in [2.45, 2.75) is 12.1 Å². The molecule has 5 rings (SSSR count). The number of amides is 1. The fourth-order valence-electron chi connectivity index (χ4n) is 4.59. The van der Waals surface area contributed by atoms with Crippen molar-refractivity contribution < 1.29 is 14.5 Å². The highest BCUT2D eigenvalue weighted by atomic mass is 32.1. The minimum absolute atomic E-state index is 0.00598. The van der Waals surface area contributed by atoms with E-state index in [1.165, 1.54) is 13.2 Å². The van der Waals surface area contributed by atoms with Crippen LogP contribution in [0.15, 0.2) is 91.3 Å². The van der Waals surface area contributed by atoms with Crippen molar-refractivity contribution in [1.82, 2.24) is 14.9 Å². The number of non-ortho nitro benzene ring substituents is 1. The summed E-state index contributed by atoms with van der Waals surface area (Å²) in [5.74, 6) is -0.249. The Balaban J connectivity index is 1.57. The first-order valence-corrected chi connectivity index (χ1v) is 12.2. The number of anilines is 2. The molecule has 192 valence electrons. The van der Waals surface area contributed by atoms with Crippen molar-refractivity contribution in [2.75, 3.05) is 23.9 Å². The summed E-state index contributed by atoms with van der Waals surface area (Å²) in [4.78, 5) is 29.5. The van der Waals surface area contributed by atoms with Crippen molar-refractivity contribution in [3.05, 3.63) is 113 Å². The number of nitrogens with zero attached hydrogens (tertiary/aromatic N) is 4. The van der Waals surface area contributed by atoms with Crippen LogP contribution in [0.1, 0.15) is 23.5 Å². The molecule has 0 aliphatic carbocycles. The number of nitro benzene ring substituents is 1. The molecular weight excluding hydrogens is 504 g/mol. The zero-order valence-electron chi connectivity index (χ0n) is 20.4. The topological polar surface area (TPSA) is 115 Å². The van der Waals surface area contributed by atoms with Gasteiger partial charge in [0.15, 0.2) is 5.11 Å². The number of benzene rings is 2. The molecule has 38 heavy (non-hydrogen) atoms. The molecule has 2 atom stereocenters. The number of aromatic nitrogens is 2. The zero-order chi connectivity index (χ0) is 26.6. The predicted octanol–water partition coefficient (Wildman–Crippen LogP) is 4.54. The fourth-order valence-corrected chi connectivity index (χ4v) is 4.94. The summed E-state index contributed by atoms with van der Waals surface area (Å²) in [5.41, 5.74) is 3.78. The van der Waals surface area contributed by atoms with Gasteiger partial charge in [0.25, 0.3) is 5.69 Å². The highest BCUT2D eigenvalue weighted by Gasteiger charge is 2.42. The van der Waals surface area contributed by atoms with Crippen LogP contribution in [0.5, 0.6) is 0 Å². The maximum atomic E-state index is 11.9. The van der Waals surface area contributed by atoms with Crippen molar-refractivity contribution >= 4 is 40.3 Å². The van der Waals surface area contributed by atoms with E-state index >= 15 is 0 Å². The second kappa shape index (κ2) is 10.8. The van der Waals surface area contributed by atoms with E-state index in [9.17, 15) is 14.9 Å². The van der Waals surface area contributed by atoms with Gasteiger partial charge in [-0.1, -0.05) is 12.1 Å². The summed E-state index contributed by atoms with van der Waals surface area (Å²) in [6.45, 7) is -0.0374. The Bertz CT molecular complexity index is 1470. The number of ether oxygens (including phenoxy) is 1. The van der Waals surface area contributed by atoms with Crippen LogP contribution >= 0.6 is 12.2 Å². The number of hydrogen-bond donors (Lipinski definition) is 2. The van der Waals surface area contributed by atoms with Crippen molar-refractivity contribution in [1.29, 1.82) is 0 Å². The lowest BCUT2D eigenvalue weighted by molar-refractivity contribution is -0.384. The van der Waals surface area contributed by atoms with Crippen LogP contribution in [0.2, 0.25) is 0 Å². The molecule has 1 aliphatic heterocycles. The summed E-state index contributed by atoms with van der Waals surface area (Å²) in [6, 6.07) is 22.8. The van der Waals surface area contributed by atoms with Gasteiger partial charge in [-0.2, -0.15) is 0 Å². The van der Waals surface area contributed by atoms with Crippen molar-refractivity contribution in [3.63, 3.8) is 0 Å². The van der Waals surface area contributed by atoms with Crippen LogP contribution in [0, 0.1) is 10.1 Å². The van der Waals surface area contributed by atoms with Crippen LogP contribution in [0.25, 0.3) is 5.69 Å². The molecule has 0 saturated carbocycles. The van der Waals surface area contributed by atoms with Gasteiger partial charge < -0.3 is 24.8 Å². The lowest BCUT2D eigenvalue weighted by atomic mass is 10.0. The summed E-state index contributed by atoms with van der Waals surface area (Å²) >= 11 is 5.81. The molecular formula is C27H24N6O4S. The van der Waals surface area contributed by atoms with Crippen molar-refractivity contribution in [3.8, 4) is 5.69 Å². The molecule has 0 spiro atoms. The minimum Gasteiger partial charge on any atom is -0.375 e. The average molecular weight is 529 g/mol.